The van der Waals surface area contributed by atoms with Crippen LogP contribution in [0, 0.1) is 0 Å². The van der Waals surface area contributed by atoms with E-state index in [1.165, 1.54) is 0 Å². The summed E-state index contributed by atoms with van der Waals surface area (Å²) in [6, 6.07) is 0. The SMILES string of the molecule is N.[Ni].[O]=[Cr](=[O])([O-])[OH]. The van der Waals surface area contributed by atoms with Gasteiger partial charge in [0.1, 0.15) is 0 Å². The molecule has 0 aromatic carbocycles. The molecule has 0 aromatic rings. The zero-order valence-corrected chi connectivity index (χ0v) is 5.37. The van der Waals surface area contributed by atoms with Gasteiger partial charge in [0.05, 0.1) is 0 Å². The molecule has 0 rings (SSSR count). The molecule has 50 valence electrons. The first-order valence-corrected chi connectivity index (χ1v) is 2.81. The minimum atomic E-state index is -5.50. The van der Waals surface area contributed by atoms with Crippen molar-refractivity contribution in [3.05, 3.63) is 0 Å². The molecule has 0 amide bonds. The quantitative estimate of drug-likeness (QED) is 0.439. The van der Waals surface area contributed by atoms with Crippen LogP contribution < -0.4 is 10.3 Å². The minimum absolute atomic E-state index is 0. The third-order valence-electron chi connectivity index (χ3n) is 0. The molecule has 0 saturated carbocycles. The van der Waals surface area contributed by atoms with E-state index in [2.05, 4.69) is 0 Å². The van der Waals surface area contributed by atoms with Crippen LogP contribution in [-0.2, 0) is 37.7 Å². The summed E-state index contributed by atoms with van der Waals surface area (Å²) >= 11 is -5.50. The Morgan fingerprint density at radius 1 is 1.43 bits per heavy atom. The van der Waals surface area contributed by atoms with Crippen LogP contribution in [-0.4, -0.2) is 4.16 Å². The van der Waals surface area contributed by atoms with E-state index in [9.17, 15) is 0 Å². The van der Waals surface area contributed by atoms with E-state index < -0.39 is 13.6 Å². The van der Waals surface area contributed by atoms with E-state index in [4.69, 9.17) is 15.9 Å². The Bertz CT molecular complexity index is 94.9. The van der Waals surface area contributed by atoms with E-state index in [0.29, 0.717) is 0 Å². The van der Waals surface area contributed by atoms with Gasteiger partial charge in [0, 0.05) is 16.5 Å². The zero-order chi connectivity index (χ0) is 4.50. The fourth-order valence-electron chi connectivity index (χ4n) is 0. The maximum atomic E-state index is 8.70. The van der Waals surface area contributed by atoms with Crippen molar-refractivity contribution in [1.82, 2.24) is 6.15 Å². The molecule has 0 aromatic heterocycles. The van der Waals surface area contributed by atoms with Crippen LogP contribution >= 0.6 is 0 Å². The van der Waals surface area contributed by atoms with Crippen molar-refractivity contribution < 1.29 is 46.0 Å². The molecular formula is H4CrNNiO4-. The van der Waals surface area contributed by atoms with Gasteiger partial charge in [-0.3, -0.25) is 0 Å². The van der Waals surface area contributed by atoms with Gasteiger partial charge in [-0.1, -0.05) is 0 Å². The van der Waals surface area contributed by atoms with Gasteiger partial charge in [-0.15, -0.1) is 0 Å². The molecule has 0 radical (unpaired) electrons. The van der Waals surface area contributed by atoms with Crippen LogP contribution in [0.15, 0.2) is 0 Å². The van der Waals surface area contributed by atoms with Crippen molar-refractivity contribution in [2.24, 2.45) is 0 Å². The fraction of sp³-hybridized carbons (Fsp3) is 0. The second-order valence-corrected chi connectivity index (χ2v) is 1.76. The van der Waals surface area contributed by atoms with Crippen molar-refractivity contribution in [2.45, 2.75) is 0 Å². The Labute approximate surface area is 52.6 Å². The van der Waals surface area contributed by atoms with Gasteiger partial charge in [0.2, 0.25) is 0 Å². The van der Waals surface area contributed by atoms with Crippen LogP contribution in [0.25, 0.3) is 0 Å². The Morgan fingerprint density at radius 3 is 1.43 bits per heavy atom. The second-order valence-electron chi connectivity index (χ2n) is 0.428. The van der Waals surface area contributed by atoms with Crippen LogP contribution in [0.3, 0.4) is 0 Å². The van der Waals surface area contributed by atoms with Crippen molar-refractivity contribution in [2.75, 3.05) is 0 Å². The second kappa shape index (κ2) is 4.66. The fourth-order valence-corrected chi connectivity index (χ4v) is 0. The topological polar surface area (TPSA) is 112 Å². The molecule has 0 unspecified atom stereocenters. The van der Waals surface area contributed by atoms with Crippen LogP contribution in [0.1, 0.15) is 0 Å². The molecule has 0 heterocycles. The predicted molar refractivity (Wildman–Crippen MR) is 8.61 cm³/mol. The normalized spacial score (nSPS) is 8.29. The standard InChI is InChI=1S/Cr.H3N.Ni.H2O.3O/h;1H3;;1H2;;;/q+1;;;;;;-1/p-1. The molecular weight excluding hydrogens is 189 g/mol. The third-order valence-corrected chi connectivity index (χ3v) is 0. The Morgan fingerprint density at radius 2 is 1.43 bits per heavy atom. The first-order chi connectivity index (χ1) is 2.00. The Hall–Kier alpha value is 0.506. The first-order valence-electron chi connectivity index (χ1n) is 0.683. The molecule has 0 saturated heterocycles. The van der Waals surface area contributed by atoms with Gasteiger partial charge < -0.3 is 6.15 Å². The maximum absolute atomic E-state index is 8.70. The van der Waals surface area contributed by atoms with Crippen molar-refractivity contribution in [1.29, 1.82) is 0 Å². The van der Waals surface area contributed by atoms with Gasteiger partial charge >= 0.3 is 29.5 Å². The molecule has 7 heavy (non-hydrogen) atoms. The van der Waals surface area contributed by atoms with E-state index in [1.807, 2.05) is 0 Å². The summed E-state index contributed by atoms with van der Waals surface area (Å²) in [6.07, 6.45) is 0. The average molecular weight is 193 g/mol. The number of rotatable bonds is 0. The summed E-state index contributed by atoms with van der Waals surface area (Å²) in [6.45, 7) is 0. The molecule has 0 aliphatic heterocycles. The van der Waals surface area contributed by atoms with Crippen molar-refractivity contribution in [3.8, 4) is 0 Å². The van der Waals surface area contributed by atoms with Crippen LogP contribution in [0.5, 0.6) is 0 Å². The van der Waals surface area contributed by atoms with E-state index >= 15 is 0 Å². The monoisotopic (exact) mass is 192 g/mol. The summed E-state index contributed by atoms with van der Waals surface area (Å²) in [4.78, 5) is 0. The van der Waals surface area contributed by atoms with Gasteiger partial charge in [-0.2, -0.15) is 0 Å². The van der Waals surface area contributed by atoms with E-state index in [-0.39, 0.29) is 22.6 Å². The summed E-state index contributed by atoms with van der Waals surface area (Å²) < 4.78 is 33.1. The molecule has 4 N–H and O–H groups in total. The summed E-state index contributed by atoms with van der Waals surface area (Å²) in [5.74, 6) is 0. The summed E-state index contributed by atoms with van der Waals surface area (Å²) in [5, 5.41) is 0. The van der Waals surface area contributed by atoms with Gasteiger partial charge in [0.25, 0.3) is 0 Å². The van der Waals surface area contributed by atoms with Gasteiger partial charge in [-0.05, 0) is 0 Å². The van der Waals surface area contributed by atoms with Gasteiger partial charge in [0.15, 0.2) is 0 Å². The number of hydrogen-bond acceptors (Lipinski definition) is 4. The molecule has 0 spiro atoms. The predicted octanol–water partition coefficient (Wildman–Crippen LogP) is -1.83. The molecule has 0 aliphatic carbocycles. The Kier molecular flexibility index (Phi) is 10.4. The number of hydrogen-bond donors (Lipinski definition) is 2. The Balaban J connectivity index is -0.0000000800. The molecule has 0 fully saturated rings. The van der Waals surface area contributed by atoms with Crippen molar-refractivity contribution in [3.63, 3.8) is 0 Å². The van der Waals surface area contributed by atoms with Crippen LogP contribution in [0.4, 0.5) is 0 Å². The molecule has 7 heteroatoms. The van der Waals surface area contributed by atoms with Crippen LogP contribution in [0.2, 0.25) is 0 Å². The van der Waals surface area contributed by atoms with E-state index in [1.54, 1.807) is 0 Å². The molecule has 0 atom stereocenters. The first kappa shape index (κ1) is 15.6. The average Bonchev–Trinajstić information content (AvgIpc) is 0.722. The van der Waals surface area contributed by atoms with Crippen molar-refractivity contribution >= 4 is 0 Å². The third kappa shape index (κ3) is 516. The molecule has 0 aliphatic rings. The zero-order valence-electron chi connectivity index (χ0n) is 3.10. The summed E-state index contributed by atoms with van der Waals surface area (Å²) in [5.41, 5.74) is 0. The molecule has 0 bridgehead atoms. The van der Waals surface area contributed by atoms with E-state index in [0.717, 1.165) is 0 Å². The summed E-state index contributed by atoms with van der Waals surface area (Å²) in [7, 11) is 0. The van der Waals surface area contributed by atoms with Gasteiger partial charge in [-0.25, -0.2) is 0 Å². The molecule has 5 nitrogen and oxygen atoms in total.